The first-order chi connectivity index (χ1) is 21.6. The molecule has 2 aliphatic rings. The highest BCUT2D eigenvalue weighted by molar-refractivity contribution is 6.17. The number of hydrogen-bond acceptors (Lipinski definition) is 7. The van der Waals surface area contributed by atoms with Crippen molar-refractivity contribution in [1.29, 1.82) is 5.26 Å². The van der Waals surface area contributed by atoms with Gasteiger partial charge in [0, 0.05) is 23.1 Å². The largest absolute Gasteiger partial charge is 0.490 e. The van der Waals surface area contributed by atoms with E-state index in [1.807, 2.05) is 46.8 Å². The van der Waals surface area contributed by atoms with Crippen LogP contribution in [0.5, 0.6) is 11.5 Å². The van der Waals surface area contributed by atoms with Crippen LogP contribution in [0, 0.1) is 11.3 Å². The van der Waals surface area contributed by atoms with Crippen LogP contribution >= 0.6 is 0 Å². The second kappa shape index (κ2) is 11.8. The Hall–Kier alpha value is -4.85. The van der Waals surface area contributed by atoms with Gasteiger partial charge in [0.25, 0.3) is 0 Å². The number of hydrogen-bond donors (Lipinski definition) is 0. The zero-order valence-corrected chi connectivity index (χ0v) is 26.5. The molecule has 11 heteroatoms. The van der Waals surface area contributed by atoms with Gasteiger partial charge in [0.05, 0.1) is 54.4 Å². The van der Waals surface area contributed by atoms with Gasteiger partial charge in [0.2, 0.25) is 0 Å². The number of benzene rings is 3. The van der Waals surface area contributed by atoms with E-state index in [4.69, 9.17) is 24.5 Å². The average molecular weight is 634 g/mol. The number of nitriles is 1. The van der Waals surface area contributed by atoms with Gasteiger partial charge in [-0.25, -0.2) is 4.79 Å². The topological polar surface area (TPSA) is 101 Å². The van der Waals surface area contributed by atoms with Crippen molar-refractivity contribution in [1.82, 2.24) is 0 Å². The van der Waals surface area contributed by atoms with E-state index in [0.717, 1.165) is 23.8 Å². The Morgan fingerprint density at radius 2 is 1.76 bits per heavy atom. The maximum atomic E-state index is 14.1. The monoisotopic (exact) mass is 633 g/mol. The first-order valence-electron chi connectivity index (χ1n) is 14.8. The number of halogens is 3. The normalized spacial score (nSPS) is 15.9. The van der Waals surface area contributed by atoms with Crippen LogP contribution in [0.25, 0.3) is 0 Å². The summed E-state index contributed by atoms with van der Waals surface area (Å²) in [6.45, 7) is 9.63. The summed E-state index contributed by atoms with van der Waals surface area (Å²) in [4.78, 5) is 31.5. The van der Waals surface area contributed by atoms with Crippen molar-refractivity contribution >= 4 is 23.3 Å². The Morgan fingerprint density at radius 1 is 1.07 bits per heavy atom. The van der Waals surface area contributed by atoms with Crippen molar-refractivity contribution in [2.45, 2.75) is 71.3 Å². The van der Waals surface area contributed by atoms with E-state index in [1.54, 1.807) is 6.07 Å². The molecular formula is C35H34F3N3O5. The standard InChI is InChI=1S/C35H34F3N3O5/c1-7-45-27-15-23-16-33(2,3)40-29(28(23)25-17-34(4,5)46-30(25)27)22-12-13-24(31(42)44-6)26(14-22)41(32(43)35(36,37)38)19-21-10-8-20(18-39)9-11-21/h8-15H,7,16-17,19H2,1-6H3. The zero-order valence-electron chi connectivity index (χ0n) is 26.5. The second-order valence-electron chi connectivity index (χ2n) is 12.6. The van der Waals surface area contributed by atoms with Gasteiger partial charge in [-0.2, -0.15) is 18.4 Å². The highest BCUT2D eigenvalue weighted by Gasteiger charge is 2.45. The molecule has 0 saturated carbocycles. The number of rotatable bonds is 7. The number of alkyl halides is 3. The molecule has 2 heterocycles. The van der Waals surface area contributed by atoms with Crippen LogP contribution in [-0.2, 0) is 28.9 Å². The number of methoxy groups -OCH3 is 1. The summed E-state index contributed by atoms with van der Waals surface area (Å²) in [7, 11) is 1.11. The summed E-state index contributed by atoms with van der Waals surface area (Å²) < 4.78 is 59.5. The minimum absolute atomic E-state index is 0.227. The van der Waals surface area contributed by atoms with Gasteiger partial charge in [-0.1, -0.05) is 18.2 Å². The first kappa shape index (κ1) is 32.5. The van der Waals surface area contributed by atoms with Crippen LogP contribution in [0.15, 0.2) is 53.5 Å². The Balaban J connectivity index is 1.74. The fourth-order valence-corrected chi connectivity index (χ4v) is 6.01. The lowest BCUT2D eigenvalue weighted by Gasteiger charge is -2.32. The maximum Gasteiger partial charge on any atom is 0.471 e. The molecule has 0 radical (unpaired) electrons. The van der Waals surface area contributed by atoms with E-state index < -0.39 is 35.7 Å². The number of carbonyl (C=O) groups is 2. The lowest BCUT2D eigenvalue weighted by atomic mass is 9.80. The molecule has 0 saturated heterocycles. The van der Waals surface area contributed by atoms with Gasteiger partial charge in [-0.05, 0) is 82.5 Å². The Bertz CT molecular complexity index is 1790. The van der Waals surface area contributed by atoms with E-state index in [9.17, 15) is 22.8 Å². The van der Waals surface area contributed by atoms with Crippen molar-refractivity contribution in [3.63, 3.8) is 0 Å². The molecule has 0 bridgehead atoms. The number of aliphatic imine (C=N–C) groups is 1. The van der Waals surface area contributed by atoms with E-state index in [2.05, 4.69) is 0 Å². The lowest BCUT2D eigenvalue weighted by Crippen LogP contribution is -2.41. The van der Waals surface area contributed by atoms with Crippen LogP contribution in [0.2, 0.25) is 0 Å². The van der Waals surface area contributed by atoms with E-state index in [1.165, 1.54) is 36.4 Å². The number of fused-ring (bicyclic) bond motifs is 3. The minimum atomic E-state index is -5.26. The number of amides is 1. The predicted octanol–water partition coefficient (Wildman–Crippen LogP) is 6.72. The van der Waals surface area contributed by atoms with Crippen molar-refractivity contribution < 1.29 is 37.0 Å². The van der Waals surface area contributed by atoms with Crippen LogP contribution < -0.4 is 14.4 Å². The van der Waals surface area contributed by atoms with Gasteiger partial charge in [-0.3, -0.25) is 14.7 Å². The second-order valence-corrected chi connectivity index (χ2v) is 12.6. The molecule has 1 amide bonds. The van der Waals surface area contributed by atoms with Crippen molar-refractivity contribution in [2.24, 2.45) is 4.99 Å². The number of carbonyl (C=O) groups excluding carboxylic acids is 2. The number of esters is 1. The summed E-state index contributed by atoms with van der Waals surface area (Å²) in [5.41, 5.74) is 2.49. The van der Waals surface area contributed by atoms with Gasteiger partial charge >= 0.3 is 18.1 Å². The van der Waals surface area contributed by atoms with Crippen molar-refractivity contribution in [3.05, 3.63) is 87.5 Å². The lowest BCUT2D eigenvalue weighted by molar-refractivity contribution is -0.170. The number of nitrogens with zero attached hydrogens (tertiary/aromatic N) is 3. The zero-order chi connectivity index (χ0) is 33.6. The third kappa shape index (κ3) is 6.29. The molecule has 0 spiro atoms. The summed E-state index contributed by atoms with van der Waals surface area (Å²) in [6, 6.07) is 14.0. The van der Waals surface area contributed by atoms with Gasteiger partial charge in [0.15, 0.2) is 11.5 Å². The molecule has 240 valence electrons. The predicted molar refractivity (Wildman–Crippen MR) is 166 cm³/mol. The van der Waals surface area contributed by atoms with E-state index in [0.29, 0.717) is 58.2 Å². The number of ether oxygens (including phenoxy) is 3. The van der Waals surface area contributed by atoms with Crippen molar-refractivity contribution in [2.75, 3.05) is 18.6 Å². The fraction of sp³-hybridized carbons (Fsp3) is 0.371. The Kier molecular flexibility index (Phi) is 8.36. The molecule has 0 aromatic heterocycles. The summed E-state index contributed by atoms with van der Waals surface area (Å²) in [5.74, 6) is -1.86. The third-order valence-corrected chi connectivity index (χ3v) is 7.86. The van der Waals surface area contributed by atoms with Crippen LogP contribution in [0.1, 0.15) is 78.4 Å². The fourth-order valence-electron chi connectivity index (χ4n) is 6.01. The third-order valence-electron chi connectivity index (χ3n) is 7.86. The molecule has 0 fully saturated rings. The molecule has 8 nitrogen and oxygen atoms in total. The summed E-state index contributed by atoms with van der Waals surface area (Å²) in [6.07, 6.45) is -4.15. The molecule has 3 aromatic rings. The van der Waals surface area contributed by atoms with Crippen LogP contribution in [0.4, 0.5) is 18.9 Å². The maximum absolute atomic E-state index is 14.1. The molecule has 0 N–H and O–H groups in total. The highest BCUT2D eigenvalue weighted by Crippen LogP contribution is 2.48. The molecule has 0 unspecified atom stereocenters. The smallest absolute Gasteiger partial charge is 0.471 e. The van der Waals surface area contributed by atoms with Crippen molar-refractivity contribution in [3.8, 4) is 17.6 Å². The molecule has 3 aromatic carbocycles. The van der Waals surface area contributed by atoms with Gasteiger partial charge in [-0.15, -0.1) is 0 Å². The Morgan fingerprint density at radius 3 is 2.37 bits per heavy atom. The molecular weight excluding hydrogens is 599 g/mol. The Labute approximate surface area is 265 Å². The molecule has 0 aliphatic carbocycles. The molecule has 5 rings (SSSR count). The van der Waals surface area contributed by atoms with E-state index >= 15 is 0 Å². The van der Waals surface area contributed by atoms with Gasteiger partial charge < -0.3 is 14.2 Å². The average Bonchev–Trinajstić information content (AvgIpc) is 3.33. The van der Waals surface area contributed by atoms with E-state index in [-0.39, 0.29) is 11.3 Å². The minimum Gasteiger partial charge on any atom is -0.490 e. The molecule has 46 heavy (non-hydrogen) atoms. The van der Waals surface area contributed by atoms with Gasteiger partial charge in [0.1, 0.15) is 5.60 Å². The number of anilines is 1. The SMILES string of the molecule is CCOc1cc2c(c3c1OC(C)(C)C3)C(c1ccc(C(=O)OC)c(N(Cc3ccc(C#N)cc3)C(=O)C(F)(F)F)c1)=NC(C)(C)C2. The molecule has 0 atom stereocenters. The van der Waals surface area contributed by atoms with Crippen LogP contribution in [0.3, 0.4) is 0 Å². The summed E-state index contributed by atoms with van der Waals surface area (Å²) >= 11 is 0. The quantitative estimate of drug-likeness (QED) is 0.268. The first-order valence-corrected chi connectivity index (χ1v) is 14.8. The highest BCUT2D eigenvalue weighted by atomic mass is 19.4. The summed E-state index contributed by atoms with van der Waals surface area (Å²) in [5, 5.41) is 9.16. The molecule has 2 aliphatic heterocycles. The van der Waals surface area contributed by atoms with Crippen LogP contribution in [-0.4, -0.2) is 48.6 Å².